The second-order valence-corrected chi connectivity index (χ2v) is 7.32. The number of hydrogen-bond donors (Lipinski definition) is 1. The molecule has 1 nitrogen and oxygen atoms in total. The van der Waals surface area contributed by atoms with Gasteiger partial charge in [0, 0.05) is 10.9 Å². The summed E-state index contributed by atoms with van der Waals surface area (Å²) in [6.45, 7) is 8.13. The quantitative estimate of drug-likeness (QED) is 0.835. The van der Waals surface area contributed by atoms with Gasteiger partial charge >= 0.3 is 0 Å². The molecule has 1 saturated carbocycles. The van der Waals surface area contributed by atoms with Crippen LogP contribution in [-0.2, 0) is 6.42 Å². The van der Waals surface area contributed by atoms with Crippen molar-refractivity contribution in [2.24, 2.45) is 17.8 Å². The second-order valence-electron chi connectivity index (χ2n) is 6.28. The molecule has 1 aliphatic carbocycles. The van der Waals surface area contributed by atoms with Crippen molar-refractivity contribution < 1.29 is 0 Å². The third-order valence-corrected chi connectivity index (χ3v) is 5.13. The van der Waals surface area contributed by atoms with Gasteiger partial charge in [-0.25, -0.2) is 0 Å². The third-order valence-electron chi connectivity index (χ3n) is 4.23. The van der Waals surface area contributed by atoms with Gasteiger partial charge in [0.25, 0.3) is 0 Å². The van der Waals surface area contributed by atoms with E-state index >= 15 is 0 Å². The Kier molecular flexibility index (Phi) is 5.25. The molecule has 0 amide bonds. The van der Waals surface area contributed by atoms with Crippen LogP contribution in [0, 0.1) is 17.8 Å². The SMILES string of the molecule is CC1CCC(CNC(C)C)C(Cc2cccs2)C1. The predicted molar refractivity (Wildman–Crippen MR) is 81.2 cm³/mol. The minimum Gasteiger partial charge on any atom is -0.314 e. The zero-order chi connectivity index (χ0) is 13.0. The monoisotopic (exact) mass is 265 g/mol. The minimum absolute atomic E-state index is 0.617. The van der Waals surface area contributed by atoms with Crippen molar-refractivity contribution in [2.45, 2.75) is 52.5 Å². The van der Waals surface area contributed by atoms with Gasteiger partial charge in [-0.05, 0) is 55.0 Å². The smallest absolute Gasteiger partial charge is 0.00480 e. The van der Waals surface area contributed by atoms with Crippen LogP contribution in [0.25, 0.3) is 0 Å². The van der Waals surface area contributed by atoms with Gasteiger partial charge in [0.2, 0.25) is 0 Å². The molecule has 3 atom stereocenters. The summed E-state index contributed by atoms with van der Waals surface area (Å²) in [7, 11) is 0. The fourth-order valence-corrected chi connectivity index (χ4v) is 3.95. The molecule has 3 unspecified atom stereocenters. The molecule has 0 radical (unpaired) electrons. The van der Waals surface area contributed by atoms with Crippen LogP contribution in [0.3, 0.4) is 0 Å². The largest absolute Gasteiger partial charge is 0.314 e. The third kappa shape index (κ3) is 4.10. The van der Waals surface area contributed by atoms with Gasteiger partial charge in [-0.3, -0.25) is 0 Å². The van der Waals surface area contributed by atoms with Gasteiger partial charge in [0.1, 0.15) is 0 Å². The van der Waals surface area contributed by atoms with Crippen LogP contribution in [0.4, 0.5) is 0 Å². The fourth-order valence-electron chi connectivity index (χ4n) is 3.15. The second kappa shape index (κ2) is 6.72. The molecule has 2 rings (SSSR count). The topological polar surface area (TPSA) is 12.0 Å². The number of nitrogens with one attached hydrogen (secondary N) is 1. The van der Waals surface area contributed by atoms with E-state index < -0.39 is 0 Å². The standard InChI is InChI=1S/C16H27NS/c1-12(2)17-11-14-7-6-13(3)9-15(14)10-16-5-4-8-18-16/h4-5,8,12-15,17H,6-7,9-11H2,1-3H3. The average molecular weight is 265 g/mol. The molecule has 0 bridgehead atoms. The Hall–Kier alpha value is -0.340. The molecule has 1 aliphatic rings. The first kappa shape index (κ1) is 14.1. The molecule has 1 aromatic heterocycles. The first-order chi connectivity index (χ1) is 8.65. The summed E-state index contributed by atoms with van der Waals surface area (Å²) in [6.07, 6.45) is 5.55. The van der Waals surface area contributed by atoms with Crippen LogP contribution >= 0.6 is 11.3 Å². The molecule has 1 heterocycles. The van der Waals surface area contributed by atoms with Crippen LogP contribution in [-0.4, -0.2) is 12.6 Å². The maximum Gasteiger partial charge on any atom is 0.00480 e. The molecule has 1 N–H and O–H groups in total. The van der Waals surface area contributed by atoms with E-state index in [2.05, 4.69) is 43.6 Å². The van der Waals surface area contributed by atoms with Crippen LogP contribution in [0.1, 0.15) is 44.9 Å². The lowest BCUT2D eigenvalue weighted by atomic mass is 9.73. The van der Waals surface area contributed by atoms with Crippen molar-refractivity contribution in [2.75, 3.05) is 6.54 Å². The fraction of sp³-hybridized carbons (Fsp3) is 0.750. The molecule has 0 spiro atoms. The first-order valence-corrected chi connectivity index (χ1v) is 8.29. The van der Waals surface area contributed by atoms with Crippen LogP contribution in [0.5, 0.6) is 0 Å². The van der Waals surface area contributed by atoms with Gasteiger partial charge in [-0.15, -0.1) is 11.3 Å². The molecule has 102 valence electrons. The van der Waals surface area contributed by atoms with Crippen molar-refractivity contribution in [1.82, 2.24) is 5.32 Å². The Morgan fingerprint density at radius 1 is 1.33 bits per heavy atom. The van der Waals surface area contributed by atoms with Crippen molar-refractivity contribution in [3.05, 3.63) is 22.4 Å². The summed E-state index contributed by atoms with van der Waals surface area (Å²) in [5, 5.41) is 5.85. The highest BCUT2D eigenvalue weighted by molar-refractivity contribution is 7.09. The Labute approximate surface area is 116 Å². The van der Waals surface area contributed by atoms with Crippen molar-refractivity contribution in [3.63, 3.8) is 0 Å². The summed E-state index contributed by atoms with van der Waals surface area (Å²) in [5.74, 6) is 2.69. The lowest BCUT2D eigenvalue weighted by Crippen LogP contribution is -2.36. The first-order valence-electron chi connectivity index (χ1n) is 7.41. The molecule has 2 heteroatoms. The lowest BCUT2D eigenvalue weighted by Gasteiger charge is -2.35. The summed E-state index contributed by atoms with van der Waals surface area (Å²) in [4.78, 5) is 1.57. The highest BCUT2D eigenvalue weighted by Crippen LogP contribution is 2.36. The van der Waals surface area contributed by atoms with E-state index in [1.165, 1.54) is 32.2 Å². The van der Waals surface area contributed by atoms with Crippen LogP contribution in [0.15, 0.2) is 17.5 Å². The lowest BCUT2D eigenvalue weighted by molar-refractivity contribution is 0.182. The van der Waals surface area contributed by atoms with E-state index in [1.807, 2.05) is 11.3 Å². The Morgan fingerprint density at radius 3 is 2.83 bits per heavy atom. The van der Waals surface area contributed by atoms with Gasteiger partial charge in [-0.2, -0.15) is 0 Å². The molecular formula is C16H27NS. The Bertz CT molecular complexity index is 331. The minimum atomic E-state index is 0.617. The van der Waals surface area contributed by atoms with Crippen LogP contribution < -0.4 is 5.32 Å². The van der Waals surface area contributed by atoms with Gasteiger partial charge in [-0.1, -0.05) is 33.3 Å². The summed E-state index contributed by atoms with van der Waals surface area (Å²) >= 11 is 1.92. The Balaban J connectivity index is 1.92. The van der Waals surface area contributed by atoms with E-state index in [0.717, 1.165) is 17.8 Å². The summed E-state index contributed by atoms with van der Waals surface area (Å²) < 4.78 is 0. The zero-order valence-corrected chi connectivity index (χ0v) is 12.8. The molecule has 1 aromatic rings. The molecule has 18 heavy (non-hydrogen) atoms. The van der Waals surface area contributed by atoms with Crippen molar-refractivity contribution >= 4 is 11.3 Å². The number of hydrogen-bond acceptors (Lipinski definition) is 2. The average Bonchev–Trinajstić information content (AvgIpc) is 2.80. The van der Waals surface area contributed by atoms with E-state index in [4.69, 9.17) is 0 Å². The highest BCUT2D eigenvalue weighted by atomic mass is 32.1. The van der Waals surface area contributed by atoms with E-state index in [-0.39, 0.29) is 0 Å². The number of rotatable bonds is 5. The molecule has 0 aliphatic heterocycles. The summed E-state index contributed by atoms with van der Waals surface area (Å²) in [6, 6.07) is 5.11. The molecular weight excluding hydrogens is 238 g/mol. The maximum absolute atomic E-state index is 3.64. The maximum atomic E-state index is 3.64. The van der Waals surface area contributed by atoms with Gasteiger partial charge < -0.3 is 5.32 Å². The molecule has 0 saturated heterocycles. The molecule has 0 aromatic carbocycles. The van der Waals surface area contributed by atoms with Crippen molar-refractivity contribution in [1.29, 1.82) is 0 Å². The van der Waals surface area contributed by atoms with Gasteiger partial charge in [0.15, 0.2) is 0 Å². The van der Waals surface area contributed by atoms with E-state index in [0.29, 0.717) is 6.04 Å². The summed E-state index contributed by atoms with van der Waals surface area (Å²) in [5.41, 5.74) is 0. The van der Waals surface area contributed by atoms with Gasteiger partial charge in [0.05, 0.1) is 0 Å². The Morgan fingerprint density at radius 2 is 2.17 bits per heavy atom. The van der Waals surface area contributed by atoms with Crippen molar-refractivity contribution in [3.8, 4) is 0 Å². The molecule has 1 fully saturated rings. The van der Waals surface area contributed by atoms with E-state index in [9.17, 15) is 0 Å². The normalized spacial score (nSPS) is 28.8. The zero-order valence-electron chi connectivity index (χ0n) is 12.0. The van der Waals surface area contributed by atoms with Crippen LogP contribution in [0.2, 0.25) is 0 Å². The van der Waals surface area contributed by atoms with E-state index in [1.54, 1.807) is 4.88 Å². The highest BCUT2D eigenvalue weighted by Gasteiger charge is 2.28. The predicted octanol–water partition coefficient (Wildman–Crippen LogP) is 4.34. The number of thiophene rings is 1.